The summed E-state index contributed by atoms with van der Waals surface area (Å²) < 4.78 is 3.65. The maximum Gasteiger partial charge on any atom is 0.159 e. The van der Waals surface area contributed by atoms with Crippen molar-refractivity contribution >= 4 is 17.2 Å². The van der Waals surface area contributed by atoms with E-state index >= 15 is 0 Å². The Balaban J connectivity index is 1.78. The minimum Gasteiger partial charge on any atom is -0.339 e. The van der Waals surface area contributed by atoms with Gasteiger partial charge in [0, 0.05) is 18.1 Å². The number of rotatable bonds is 3. The SMILES string of the molecule is Cc1ccccc1Nc1cnc2ccc(-n3ccnc3)nn12. The molecule has 0 saturated carbocycles. The largest absolute Gasteiger partial charge is 0.339 e. The number of aryl methyl sites for hydroxylation is 1. The maximum atomic E-state index is 4.62. The number of anilines is 2. The fourth-order valence-corrected chi connectivity index (χ4v) is 2.33. The molecular weight excluding hydrogens is 276 g/mol. The molecule has 0 saturated heterocycles. The molecule has 3 aromatic heterocycles. The standard InChI is InChI=1S/C16H14N6/c1-12-4-2-3-5-13(12)19-16-10-18-14-6-7-15(20-22(14)16)21-9-8-17-11-21/h2-11,19H,1H3. The molecule has 1 N–H and O–H groups in total. The van der Waals surface area contributed by atoms with Gasteiger partial charge in [-0.15, -0.1) is 5.10 Å². The fourth-order valence-electron chi connectivity index (χ4n) is 2.33. The van der Waals surface area contributed by atoms with Crippen LogP contribution in [0, 0.1) is 6.92 Å². The normalized spacial score (nSPS) is 11.0. The molecule has 0 radical (unpaired) electrons. The monoisotopic (exact) mass is 290 g/mol. The van der Waals surface area contributed by atoms with Crippen molar-refractivity contribution in [1.82, 2.24) is 24.1 Å². The highest BCUT2D eigenvalue weighted by Gasteiger charge is 2.07. The van der Waals surface area contributed by atoms with Crippen LogP contribution in [0.3, 0.4) is 0 Å². The molecule has 0 aliphatic carbocycles. The second-order valence-electron chi connectivity index (χ2n) is 5.01. The number of imidazole rings is 2. The van der Waals surface area contributed by atoms with Crippen molar-refractivity contribution in [2.24, 2.45) is 0 Å². The van der Waals surface area contributed by atoms with Crippen LogP contribution >= 0.6 is 0 Å². The molecule has 3 heterocycles. The second-order valence-corrected chi connectivity index (χ2v) is 5.01. The zero-order valence-electron chi connectivity index (χ0n) is 12.0. The van der Waals surface area contributed by atoms with Crippen LogP contribution in [0.25, 0.3) is 11.5 Å². The molecule has 0 aliphatic heterocycles. The average Bonchev–Trinajstić information content (AvgIpc) is 3.19. The van der Waals surface area contributed by atoms with E-state index in [1.165, 1.54) is 5.56 Å². The summed E-state index contributed by atoms with van der Waals surface area (Å²) in [5, 5.41) is 8.00. The Bertz CT molecular complexity index is 923. The third-order valence-corrected chi connectivity index (χ3v) is 3.52. The molecule has 0 bridgehead atoms. The highest BCUT2D eigenvalue weighted by molar-refractivity contribution is 5.62. The van der Waals surface area contributed by atoms with Crippen molar-refractivity contribution in [3.05, 3.63) is 66.9 Å². The molecule has 0 aliphatic rings. The minimum atomic E-state index is 0.788. The lowest BCUT2D eigenvalue weighted by molar-refractivity contribution is 0.868. The lowest BCUT2D eigenvalue weighted by atomic mass is 10.2. The summed E-state index contributed by atoms with van der Waals surface area (Å²) in [4.78, 5) is 8.43. The number of fused-ring (bicyclic) bond motifs is 1. The number of nitrogens with one attached hydrogen (secondary N) is 1. The van der Waals surface area contributed by atoms with Crippen LogP contribution in [0.1, 0.15) is 5.56 Å². The summed E-state index contributed by atoms with van der Waals surface area (Å²) in [6.07, 6.45) is 7.10. The van der Waals surface area contributed by atoms with Crippen LogP contribution in [-0.2, 0) is 0 Å². The summed E-state index contributed by atoms with van der Waals surface area (Å²) in [6.45, 7) is 2.07. The first-order chi connectivity index (χ1) is 10.8. The Hall–Kier alpha value is -3.15. The van der Waals surface area contributed by atoms with Gasteiger partial charge in [-0.3, -0.25) is 4.57 Å². The zero-order chi connectivity index (χ0) is 14.9. The molecule has 108 valence electrons. The van der Waals surface area contributed by atoms with Gasteiger partial charge in [0.1, 0.15) is 6.33 Å². The summed E-state index contributed by atoms with van der Waals surface area (Å²) in [5.41, 5.74) is 3.00. The molecule has 0 unspecified atom stereocenters. The highest BCUT2D eigenvalue weighted by Crippen LogP contribution is 2.21. The molecule has 0 fully saturated rings. The van der Waals surface area contributed by atoms with E-state index in [4.69, 9.17) is 0 Å². The van der Waals surface area contributed by atoms with Crippen LogP contribution in [-0.4, -0.2) is 24.1 Å². The molecule has 4 aromatic rings. The molecule has 6 nitrogen and oxygen atoms in total. The van der Waals surface area contributed by atoms with Crippen LogP contribution in [0.2, 0.25) is 0 Å². The number of aromatic nitrogens is 5. The second kappa shape index (κ2) is 5.00. The average molecular weight is 290 g/mol. The van der Waals surface area contributed by atoms with E-state index in [0.29, 0.717) is 0 Å². The van der Waals surface area contributed by atoms with Gasteiger partial charge in [0.2, 0.25) is 0 Å². The van der Waals surface area contributed by atoms with Crippen molar-refractivity contribution in [2.75, 3.05) is 5.32 Å². The van der Waals surface area contributed by atoms with Gasteiger partial charge >= 0.3 is 0 Å². The fraction of sp³-hybridized carbons (Fsp3) is 0.0625. The molecule has 22 heavy (non-hydrogen) atoms. The molecule has 0 spiro atoms. The molecule has 6 heteroatoms. The van der Waals surface area contributed by atoms with E-state index < -0.39 is 0 Å². The first-order valence-corrected chi connectivity index (χ1v) is 6.97. The quantitative estimate of drug-likeness (QED) is 0.630. The van der Waals surface area contributed by atoms with Gasteiger partial charge in [-0.2, -0.15) is 4.52 Å². The molecule has 0 amide bonds. The predicted molar refractivity (Wildman–Crippen MR) is 84.6 cm³/mol. The topological polar surface area (TPSA) is 60.0 Å². The molecule has 0 atom stereocenters. The number of hydrogen-bond donors (Lipinski definition) is 1. The van der Waals surface area contributed by atoms with E-state index in [0.717, 1.165) is 23.0 Å². The minimum absolute atomic E-state index is 0.788. The van der Waals surface area contributed by atoms with Crippen molar-refractivity contribution in [2.45, 2.75) is 6.92 Å². The Labute approximate surface area is 127 Å². The Morgan fingerprint density at radius 3 is 2.82 bits per heavy atom. The van der Waals surface area contributed by atoms with E-state index in [1.54, 1.807) is 23.2 Å². The predicted octanol–water partition coefficient (Wildman–Crippen LogP) is 2.97. The highest BCUT2D eigenvalue weighted by atomic mass is 15.3. The smallest absolute Gasteiger partial charge is 0.159 e. The third kappa shape index (κ3) is 2.10. The maximum absolute atomic E-state index is 4.62. The van der Waals surface area contributed by atoms with Crippen molar-refractivity contribution < 1.29 is 0 Å². The van der Waals surface area contributed by atoms with E-state index in [-0.39, 0.29) is 0 Å². The molecular formula is C16H14N6. The van der Waals surface area contributed by atoms with Gasteiger partial charge in [0.15, 0.2) is 17.3 Å². The van der Waals surface area contributed by atoms with Crippen molar-refractivity contribution in [1.29, 1.82) is 0 Å². The van der Waals surface area contributed by atoms with Gasteiger partial charge in [0.05, 0.1) is 6.20 Å². The van der Waals surface area contributed by atoms with Crippen LogP contribution in [0.4, 0.5) is 11.5 Å². The third-order valence-electron chi connectivity index (χ3n) is 3.52. The van der Waals surface area contributed by atoms with Gasteiger partial charge in [-0.05, 0) is 30.7 Å². The zero-order valence-corrected chi connectivity index (χ0v) is 12.0. The van der Waals surface area contributed by atoms with Gasteiger partial charge < -0.3 is 5.32 Å². The van der Waals surface area contributed by atoms with Gasteiger partial charge in [0.25, 0.3) is 0 Å². The lowest BCUT2D eigenvalue weighted by Gasteiger charge is -2.09. The van der Waals surface area contributed by atoms with E-state index in [2.05, 4.69) is 33.4 Å². The summed E-state index contributed by atoms with van der Waals surface area (Å²) in [5.74, 6) is 1.61. The van der Waals surface area contributed by atoms with Crippen LogP contribution < -0.4 is 5.32 Å². The Morgan fingerprint density at radius 2 is 2.00 bits per heavy atom. The van der Waals surface area contributed by atoms with Gasteiger partial charge in [-0.1, -0.05) is 18.2 Å². The van der Waals surface area contributed by atoms with E-state index in [9.17, 15) is 0 Å². The first kappa shape index (κ1) is 12.6. The summed E-state index contributed by atoms with van der Waals surface area (Å²) in [6, 6.07) is 12.0. The van der Waals surface area contributed by atoms with E-state index in [1.807, 2.05) is 41.1 Å². The molecule has 1 aromatic carbocycles. The van der Waals surface area contributed by atoms with Crippen molar-refractivity contribution in [3.8, 4) is 5.82 Å². The number of para-hydroxylation sites is 1. The number of hydrogen-bond acceptors (Lipinski definition) is 4. The summed E-state index contributed by atoms with van der Waals surface area (Å²) >= 11 is 0. The van der Waals surface area contributed by atoms with Crippen LogP contribution in [0.5, 0.6) is 0 Å². The molecule has 4 rings (SSSR count). The van der Waals surface area contributed by atoms with Gasteiger partial charge in [-0.25, -0.2) is 9.97 Å². The van der Waals surface area contributed by atoms with Crippen LogP contribution in [0.15, 0.2) is 61.3 Å². The first-order valence-electron chi connectivity index (χ1n) is 6.97. The Morgan fingerprint density at radius 1 is 1.09 bits per heavy atom. The summed E-state index contributed by atoms with van der Waals surface area (Å²) in [7, 11) is 0. The lowest BCUT2D eigenvalue weighted by Crippen LogP contribution is -2.03. The van der Waals surface area contributed by atoms with Crippen molar-refractivity contribution in [3.63, 3.8) is 0 Å². The number of benzene rings is 1. The number of nitrogens with zero attached hydrogens (tertiary/aromatic N) is 5. The Kier molecular flexibility index (Phi) is 2.86.